The van der Waals surface area contributed by atoms with Crippen LogP contribution in [0.3, 0.4) is 0 Å². The van der Waals surface area contributed by atoms with Crippen molar-refractivity contribution in [3.8, 4) is 11.8 Å². The Balaban J connectivity index is 1.82. The number of hydrogen-bond donors (Lipinski definition) is 5. The maximum absolute atomic E-state index is 13.2. The second-order valence-electron chi connectivity index (χ2n) is 8.27. The van der Waals surface area contributed by atoms with E-state index in [1.807, 2.05) is 12.1 Å². The molecule has 2 aromatic rings. The van der Waals surface area contributed by atoms with Crippen LogP contribution >= 0.6 is 0 Å². The van der Waals surface area contributed by atoms with E-state index in [1.54, 1.807) is 41.9 Å². The van der Waals surface area contributed by atoms with Gasteiger partial charge in [-0.15, -0.1) is 0 Å². The van der Waals surface area contributed by atoms with E-state index in [4.69, 9.17) is 6.92 Å². The fourth-order valence-corrected chi connectivity index (χ4v) is 3.84. The Morgan fingerprint density at radius 3 is 2.29 bits per heavy atom. The lowest BCUT2D eigenvalue weighted by Crippen LogP contribution is -2.57. The number of hydroxylamine groups is 1. The van der Waals surface area contributed by atoms with Crippen molar-refractivity contribution in [1.29, 1.82) is 0 Å². The average molecular weight is 463 g/mol. The van der Waals surface area contributed by atoms with Crippen molar-refractivity contribution in [2.24, 2.45) is 0 Å². The molecule has 1 saturated heterocycles. The van der Waals surface area contributed by atoms with Gasteiger partial charge in [-0.25, -0.2) is 5.48 Å². The summed E-state index contributed by atoms with van der Waals surface area (Å²) in [5.74, 6) is 4.81. The first-order valence-corrected chi connectivity index (χ1v) is 11.2. The van der Waals surface area contributed by atoms with E-state index < -0.39 is 24.0 Å². The maximum Gasteiger partial charge on any atom is 0.269 e. The predicted molar refractivity (Wildman–Crippen MR) is 129 cm³/mol. The average Bonchev–Trinajstić information content (AvgIpc) is 2.86. The molecular weight excluding hydrogens is 432 g/mol. The topological polar surface area (TPSA) is 114 Å². The second-order valence-corrected chi connectivity index (χ2v) is 8.27. The van der Waals surface area contributed by atoms with Gasteiger partial charge in [0, 0.05) is 29.4 Å². The van der Waals surface area contributed by atoms with Gasteiger partial charge in [-0.05, 0) is 75.2 Å². The molecule has 2 radical (unpaired) electrons. The number of amides is 2. The number of benzene rings is 2. The van der Waals surface area contributed by atoms with Gasteiger partial charge in [0.2, 0.25) is 5.91 Å². The molecule has 0 aliphatic carbocycles. The van der Waals surface area contributed by atoms with E-state index in [9.17, 15) is 19.9 Å². The fraction of sp³-hybridized carbons (Fsp3) is 0.346. The van der Waals surface area contributed by atoms with Gasteiger partial charge < -0.3 is 15.7 Å². The van der Waals surface area contributed by atoms with Crippen LogP contribution in [0.1, 0.15) is 36.5 Å². The van der Waals surface area contributed by atoms with Crippen LogP contribution in [0.25, 0.3) is 0 Å². The largest absolute Gasteiger partial charge is 0.391 e. The minimum Gasteiger partial charge on any atom is -0.391 e. The Bertz CT molecular complexity index is 1020. The monoisotopic (exact) mass is 462 g/mol. The molecular formula is C26H30N4O4. The van der Waals surface area contributed by atoms with E-state index in [-0.39, 0.29) is 12.6 Å². The van der Waals surface area contributed by atoms with Crippen molar-refractivity contribution in [2.45, 2.75) is 38.0 Å². The molecule has 8 nitrogen and oxygen atoms in total. The Labute approximate surface area is 200 Å². The number of aliphatic hydroxyl groups is 1. The lowest BCUT2D eigenvalue weighted by atomic mass is 10.1. The molecule has 1 heterocycles. The minimum absolute atomic E-state index is 0.0209. The van der Waals surface area contributed by atoms with Gasteiger partial charge in [0.25, 0.3) is 5.91 Å². The molecule has 0 bridgehead atoms. The number of piperidine rings is 1. The summed E-state index contributed by atoms with van der Waals surface area (Å²) in [6, 6.07) is 12.8. The van der Waals surface area contributed by atoms with Crippen molar-refractivity contribution in [1.82, 2.24) is 16.1 Å². The molecule has 3 atom stereocenters. The molecule has 1 aliphatic heterocycles. The van der Waals surface area contributed by atoms with Crippen LogP contribution in [0.15, 0.2) is 48.5 Å². The summed E-state index contributed by atoms with van der Waals surface area (Å²) in [5, 5.41) is 26.0. The van der Waals surface area contributed by atoms with Crippen LogP contribution in [0.2, 0.25) is 0 Å². The van der Waals surface area contributed by atoms with Crippen LogP contribution in [0.4, 0.5) is 5.69 Å². The van der Waals surface area contributed by atoms with Crippen molar-refractivity contribution < 1.29 is 19.9 Å². The van der Waals surface area contributed by atoms with Crippen LogP contribution in [0, 0.1) is 18.8 Å². The number of rotatable bonds is 7. The van der Waals surface area contributed by atoms with E-state index in [0.717, 1.165) is 31.5 Å². The fourth-order valence-electron chi connectivity index (χ4n) is 3.84. The quantitative estimate of drug-likeness (QED) is 0.239. The molecule has 0 saturated carbocycles. The highest BCUT2D eigenvalue weighted by atomic mass is 16.5. The van der Waals surface area contributed by atoms with Crippen molar-refractivity contribution in [3.63, 3.8) is 0 Å². The summed E-state index contributed by atoms with van der Waals surface area (Å²) in [4.78, 5) is 26.8. The first-order chi connectivity index (χ1) is 16.4. The highest BCUT2D eigenvalue weighted by Gasteiger charge is 2.35. The third-order valence-electron chi connectivity index (χ3n) is 5.63. The summed E-state index contributed by atoms with van der Waals surface area (Å²) in [6.45, 7) is 8.77. The van der Waals surface area contributed by atoms with Gasteiger partial charge in [0.05, 0.1) is 12.6 Å². The van der Waals surface area contributed by atoms with Crippen LogP contribution in [-0.4, -0.2) is 60.0 Å². The minimum atomic E-state index is -1.31. The van der Waals surface area contributed by atoms with Crippen LogP contribution in [0.5, 0.6) is 0 Å². The van der Waals surface area contributed by atoms with Gasteiger partial charge >= 0.3 is 0 Å². The lowest BCUT2D eigenvalue weighted by molar-refractivity contribution is -0.135. The molecule has 1 unspecified atom stereocenters. The van der Waals surface area contributed by atoms with E-state index in [1.165, 1.54) is 11.8 Å². The lowest BCUT2D eigenvalue weighted by Gasteiger charge is -2.33. The van der Waals surface area contributed by atoms with Gasteiger partial charge in [-0.2, -0.15) is 0 Å². The highest BCUT2D eigenvalue weighted by Crippen LogP contribution is 2.21. The Kier molecular flexibility index (Phi) is 9.19. The molecule has 2 amide bonds. The van der Waals surface area contributed by atoms with Crippen LogP contribution < -0.4 is 21.0 Å². The van der Waals surface area contributed by atoms with E-state index in [2.05, 4.69) is 22.5 Å². The summed E-state index contributed by atoms with van der Waals surface area (Å²) in [6.07, 6.45) is 0.730. The Morgan fingerprint density at radius 2 is 1.76 bits per heavy atom. The van der Waals surface area contributed by atoms with Gasteiger partial charge in [-0.3, -0.25) is 19.7 Å². The van der Waals surface area contributed by atoms with Crippen molar-refractivity contribution in [3.05, 3.63) is 72.1 Å². The third kappa shape index (κ3) is 6.89. The zero-order valence-corrected chi connectivity index (χ0v) is 19.1. The maximum atomic E-state index is 13.2. The zero-order valence-electron chi connectivity index (χ0n) is 19.1. The summed E-state index contributed by atoms with van der Waals surface area (Å²) in [5.41, 5.74) is 4.14. The number of carbonyl (C=O) groups is 2. The molecule has 0 spiro atoms. The summed E-state index contributed by atoms with van der Waals surface area (Å²) >= 11 is 0. The molecule has 2 aromatic carbocycles. The van der Waals surface area contributed by atoms with Crippen LogP contribution in [-0.2, 0) is 9.59 Å². The smallest absolute Gasteiger partial charge is 0.269 e. The summed E-state index contributed by atoms with van der Waals surface area (Å²) in [7, 11) is 0. The third-order valence-corrected chi connectivity index (χ3v) is 5.63. The normalized spacial score (nSPS) is 17.1. The van der Waals surface area contributed by atoms with Crippen molar-refractivity contribution >= 4 is 17.5 Å². The predicted octanol–water partition coefficient (Wildman–Crippen LogP) is 1.07. The second kappa shape index (κ2) is 12.3. The number of hydrogen-bond acceptors (Lipinski definition) is 6. The molecule has 8 heteroatoms. The molecule has 1 aliphatic rings. The number of anilines is 1. The number of carbonyl (C=O) groups excluding carboxylic acids is 2. The molecule has 0 aromatic heterocycles. The molecule has 178 valence electrons. The molecule has 5 N–H and O–H groups in total. The Morgan fingerprint density at radius 1 is 1.15 bits per heavy atom. The number of aliphatic hydroxyl groups excluding tert-OH is 1. The zero-order chi connectivity index (χ0) is 24.5. The van der Waals surface area contributed by atoms with Crippen molar-refractivity contribution in [2.75, 3.05) is 24.5 Å². The summed E-state index contributed by atoms with van der Waals surface area (Å²) < 4.78 is 0. The van der Waals surface area contributed by atoms with E-state index >= 15 is 0 Å². The number of nitrogens with zero attached hydrogens (tertiary/aromatic N) is 1. The first kappa shape index (κ1) is 25.4. The standard InChI is InChI=1S/C26H30N4O4/c1-18-5-7-20(8-6-18)9-10-21-11-13-23(14-12-21)30(25(19(2)31)26(33)29-34)24(32)17-28-22-4-3-15-27-16-22/h1,5-8,11-14,19,22,25,27-28,31,34H,3-4,15-17H2,2H3,(H,29,33)/t19-,22?,25+/m1/s1. The van der Waals surface area contributed by atoms with Gasteiger partial charge in [0.1, 0.15) is 6.04 Å². The van der Waals surface area contributed by atoms with Gasteiger partial charge in [-0.1, -0.05) is 24.0 Å². The molecule has 34 heavy (non-hydrogen) atoms. The van der Waals surface area contributed by atoms with Gasteiger partial charge in [0.15, 0.2) is 0 Å². The van der Waals surface area contributed by atoms with E-state index in [0.29, 0.717) is 16.8 Å². The first-order valence-electron chi connectivity index (χ1n) is 11.2. The SMILES string of the molecule is [CH]c1ccc(C#Cc2ccc(N(C(=O)CNC3CCCNC3)[C@H](C(=O)NO)[C@@H](C)O)cc2)cc1. The number of nitrogens with one attached hydrogen (secondary N) is 3. The Hall–Kier alpha value is -3.22. The molecule has 3 rings (SSSR count). The molecule has 1 fully saturated rings. The highest BCUT2D eigenvalue weighted by molar-refractivity contribution is 6.01.